The zero-order chi connectivity index (χ0) is 17.4. The number of carbonyl (C=O) groups is 1. The molecule has 1 heterocycles. The van der Waals surface area contributed by atoms with Crippen molar-refractivity contribution in [2.24, 2.45) is 0 Å². The van der Waals surface area contributed by atoms with Gasteiger partial charge in [0.2, 0.25) is 0 Å². The minimum Gasteiger partial charge on any atom is -0.370 e. The lowest BCUT2D eigenvalue weighted by Gasteiger charge is -2.18. The molecule has 2 aromatic rings. The lowest BCUT2D eigenvalue weighted by atomic mass is 10.2. The summed E-state index contributed by atoms with van der Waals surface area (Å²) in [6.45, 7) is 2.45. The highest BCUT2D eigenvalue weighted by Crippen LogP contribution is 2.11. The van der Waals surface area contributed by atoms with Gasteiger partial charge in [-0.3, -0.25) is 4.79 Å². The predicted molar refractivity (Wildman–Crippen MR) is 98.1 cm³/mol. The second-order valence-electron chi connectivity index (χ2n) is 6.16. The quantitative estimate of drug-likeness (QED) is 0.758. The Kier molecular flexibility index (Phi) is 6.75. The smallest absolute Gasteiger partial charge is 0.254 e. The molecule has 24 heavy (non-hydrogen) atoms. The second-order valence-corrected chi connectivity index (χ2v) is 6.16. The topological polar surface area (TPSA) is 48.5 Å². The lowest BCUT2D eigenvalue weighted by molar-refractivity contribution is 0.0785. The van der Waals surface area contributed by atoms with Crippen molar-refractivity contribution in [3.63, 3.8) is 0 Å². The fourth-order valence-corrected chi connectivity index (χ4v) is 2.42. The van der Waals surface area contributed by atoms with Crippen LogP contribution in [-0.4, -0.2) is 54.9 Å². The largest absolute Gasteiger partial charge is 0.370 e. The Morgan fingerprint density at radius 3 is 2.58 bits per heavy atom. The van der Waals surface area contributed by atoms with Crippen molar-refractivity contribution in [2.45, 2.75) is 13.0 Å². The summed E-state index contributed by atoms with van der Waals surface area (Å²) in [5.41, 5.74) is 1.77. The molecule has 0 saturated heterocycles. The second kappa shape index (κ2) is 9.03. The molecule has 128 valence electrons. The van der Waals surface area contributed by atoms with Crippen LogP contribution in [0, 0.1) is 0 Å². The molecule has 1 aromatic carbocycles. The van der Waals surface area contributed by atoms with Crippen LogP contribution in [0.25, 0.3) is 0 Å². The minimum absolute atomic E-state index is 0.00223. The molecule has 0 bridgehead atoms. The van der Waals surface area contributed by atoms with Crippen LogP contribution in [0.2, 0.25) is 0 Å². The highest BCUT2D eigenvalue weighted by Gasteiger charge is 2.12. The fraction of sp³-hybridized carbons (Fsp3) is 0.368. The van der Waals surface area contributed by atoms with E-state index in [9.17, 15) is 4.79 Å². The zero-order valence-electron chi connectivity index (χ0n) is 14.7. The van der Waals surface area contributed by atoms with Gasteiger partial charge >= 0.3 is 0 Å². The average Bonchev–Trinajstić information content (AvgIpc) is 2.59. The Hall–Kier alpha value is -2.40. The van der Waals surface area contributed by atoms with Crippen LogP contribution in [0.3, 0.4) is 0 Å². The molecule has 0 aliphatic carbocycles. The highest BCUT2D eigenvalue weighted by atomic mass is 16.2. The van der Waals surface area contributed by atoms with Crippen molar-refractivity contribution in [3.8, 4) is 0 Å². The molecule has 0 spiro atoms. The molecule has 5 nitrogen and oxygen atoms in total. The SMILES string of the molecule is CN(C)CCCNc1cc(C(=O)N(C)Cc2ccccc2)ccn1. The van der Waals surface area contributed by atoms with Crippen LogP contribution < -0.4 is 5.32 Å². The number of nitrogens with one attached hydrogen (secondary N) is 1. The van der Waals surface area contributed by atoms with Gasteiger partial charge in [-0.15, -0.1) is 0 Å². The average molecular weight is 326 g/mol. The molecule has 0 aliphatic heterocycles. The first kappa shape index (κ1) is 17.9. The van der Waals surface area contributed by atoms with Crippen LogP contribution in [-0.2, 0) is 6.54 Å². The van der Waals surface area contributed by atoms with E-state index in [-0.39, 0.29) is 5.91 Å². The summed E-state index contributed by atoms with van der Waals surface area (Å²) in [5.74, 6) is 0.741. The Balaban J connectivity index is 1.93. The van der Waals surface area contributed by atoms with Gasteiger partial charge in [0, 0.05) is 31.9 Å². The standard InChI is InChI=1S/C19H26N4O/c1-22(2)13-7-11-20-18-14-17(10-12-21-18)19(24)23(3)15-16-8-5-4-6-9-16/h4-6,8-10,12,14H,7,11,13,15H2,1-3H3,(H,20,21). The van der Waals surface area contributed by atoms with Crippen molar-refractivity contribution in [1.82, 2.24) is 14.8 Å². The van der Waals surface area contributed by atoms with Gasteiger partial charge in [-0.2, -0.15) is 0 Å². The number of pyridine rings is 1. The molecule has 1 N–H and O–H groups in total. The molecule has 0 unspecified atom stereocenters. The van der Waals surface area contributed by atoms with Crippen LogP contribution in [0.1, 0.15) is 22.3 Å². The molecular formula is C19H26N4O. The van der Waals surface area contributed by atoms with Gasteiger partial charge in [0.25, 0.3) is 5.91 Å². The summed E-state index contributed by atoms with van der Waals surface area (Å²) in [6.07, 6.45) is 2.71. The maximum Gasteiger partial charge on any atom is 0.254 e. The number of aromatic nitrogens is 1. The van der Waals surface area contributed by atoms with Crippen LogP contribution in [0.15, 0.2) is 48.7 Å². The molecule has 0 aliphatic rings. The Morgan fingerprint density at radius 1 is 1.12 bits per heavy atom. The minimum atomic E-state index is -0.00223. The fourth-order valence-electron chi connectivity index (χ4n) is 2.42. The van der Waals surface area contributed by atoms with Gasteiger partial charge in [-0.25, -0.2) is 4.98 Å². The van der Waals surface area contributed by atoms with E-state index in [1.807, 2.05) is 43.4 Å². The van der Waals surface area contributed by atoms with E-state index in [1.165, 1.54) is 0 Å². The van der Waals surface area contributed by atoms with Crippen molar-refractivity contribution < 1.29 is 4.79 Å². The van der Waals surface area contributed by atoms with Crippen LogP contribution in [0.5, 0.6) is 0 Å². The van der Waals surface area contributed by atoms with Gasteiger partial charge in [-0.1, -0.05) is 30.3 Å². The van der Waals surface area contributed by atoms with E-state index >= 15 is 0 Å². The van der Waals surface area contributed by atoms with Crippen LogP contribution in [0.4, 0.5) is 5.82 Å². The number of carbonyl (C=O) groups excluding carboxylic acids is 1. The summed E-state index contributed by atoms with van der Waals surface area (Å²) >= 11 is 0. The van der Waals surface area contributed by atoms with Gasteiger partial charge < -0.3 is 15.1 Å². The van der Waals surface area contributed by atoms with Gasteiger partial charge in [-0.05, 0) is 44.8 Å². The molecule has 0 atom stereocenters. The number of rotatable bonds is 8. The van der Waals surface area contributed by atoms with Crippen molar-refractivity contribution in [3.05, 3.63) is 59.8 Å². The van der Waals surface area contributed by atoms with Crippen LogP contribution >= 0.6 is 0 Å². The maximum atomic E-state index is 12.6. The lowest BCUT2D eigenvalue weighted by Crippen LogP contribution is -2.26. The first-order valence-electron chi connectivity index (χ1n) is 8.20. The summed E-state index contributed by atoms with van der Waals surface area (Å²) in [7, 11) is 5.93. The first-order chi connectivity index (χ1) is 11.6. The van der Waals surface area contributed by atoms with Crippen molar-refractivity contribution in [2.75, 3.05) is 39.5 Å². The number of nitrogens with zero attached hydrogens (tertiary/aromatic N) is 3. The summed E-state index contributed by atoms with van der Waals surface area (Å²) in [4.78, 5) is 20.7. The number of amides is 1. The number of hydrogen-bond donors (Lipinski definition) is 1. The monoisotopic (exact) mass is 326 g/mol. The first-order valence-corrected chi connectivity index (χ1v) is 8.20. The number of anilines is 1. The summed E-state index contributed by atoms with van der Waals surface area (Å²) in [5, 5.41) is 3.28. The number of hydrogen-bond acceptors (Lipinski definition) is 4. The zero-order valence-corrected chi connectivity index (χ0v) is 14.7. The van der Waals surface area contributed by atoms with Gasteiger partial charge in [0.1, 0.15) is 5.82 Å². The van der Waals surface area contributed by atoms with E-state index < -0.39 is 0 Å². The summed E-state index contributed by atoms with van der Waals surface area (Å²) < 4.78 is 0. The van der Waals surface area contributed by atoms with E-state index in [0.717, 1.165) is 30.9 Å². The summed E-state index contributed by atoms with van der Waals surface area (Å²) in [6, 6.07) is 13.6. The normalized spacial score (nSPS) is 10.7. The molecule has 0 radical (unpaired) electrons. The third-order valence-electron chi connectivity index (χ3n) is 3.70. The van der Waals surface area contributed by atoms with Gasteiger partial charge in [0.05, 0.1) is 0 Å². The van der Waals surface area contributed by atoms with Crippen molar-refractivity contribution in [1.29, 1.82) is 0 Å². The molecule has 1 amide bonds. The highest BCUT2D eigenvalue weighted by molar-refractivity contribution is 5.94. The molecule has 0 fully saturated rings. The molecule has 2 rings (SSSR count). The third kappa shape index (κ3) is 5.66. The Bertz CT molecular complexity index is 643. The van der Waals surface area contributed by atoms with E-state index in [2.05, 4.69) is 29.3 Å². The maximum absolute atomic E-state index is 12.6. The van der Waals surface area contributed by atoms with Crippen molar-refractivity contribution >= 4 is 11.7 Å². The molecule has 0 saturated carbocycles. The molecule has 1 aromatic heterocycles. The Morgan fingerprint density at radius 2 is 1.88 bits per heavy atom. The third-order valence-corrected chi connectivity index (χ3v) is 3.70. The van der Waals surface area contributed by atoms with E-state index in [0.29, 0.717) is 12.1 Å². The Labute approximate surface area is 144 Å². The van der Waals surface area contributed by atoms with E-state index in [1.54, 1.807) is 17.2 Å². The van der Waals surface area contributed by atoms with Gasteiger partial charge in [0.15, 0.2) is 0 Å². The molecular weight excluding hydrogens is 300 g/mol. The van der Waals surface area contributed by atoms with E-state index in [4.69, 9.17) is 0 Å². The predicted octanol–water partition coefficient (Wildman–Crippen LogP) is 2.72. The molecule has 5 heteroatoms. The number of benzene rings is 1.